The Morgan fingerprint density at radius 3 is 1.31 bits per heavy atom. The molecule has 3 heteroatoms. The minimum Gasteiger partial charge on any atom is -0.324 e. The summed E-state index contributed by atoms with van der Waals surface area (Å²) in [6.07, 6.45) is 7.21. The summed E-state index contributed by atoms with van der Waals surface area (Å²) < 4.78 is 0. The van der Waals surface area contributed by atoms with Crippen LogP contribution >= 0.6 is 0 Å². The molecule has 0 saturated heterocycles. The summed E-state index contributed by atoms with van der Waals surface area (Å²) in [5.74, 6) is 0. The maximum atomic E-state index is 6.72. The zero-order chi connectivity index (χ0) is 23.7. The Bertz CT molecular complexity index is 734. The molecule has 178 valence electrons. The minimum atomic E-state index is 0.0169. The van der Waals surface area contributed by atoms with Crippen LogP contribution in [0.3, 0.4) is 0 Å². The molecule has 2 aromatic carbocycles. The van der Waals surface area contributed by atoms with Crippen molar-refractivity contribution in [3.05, 3.63) is 68.8 Å². The van der Waals surface area contributed by atoms with Gasteiger partial charge >= 0.3 is 0 Å². The number of hydrogen-bond acceptors (Lipinski definition) is 3. The number of benzene rings is 2. The van der Waals surface area contributed by atoms with Gasteiger partial charge in [-0.3, -0.25) is 0 Å². The monoisotopic (exact) mass is 437 g/mol. The maximum absolute atomic E-state index is 6.72. The quantitative estimate of drug-likeness (QED) is 0.350. The third-order valence-corrected chi connectivity index (χ3v) is 6.90. The molecule has 0 saturated carbocycles. The molecular formula is C29H47N3. The zero-order valence-electron chi connectivity index (χ0n) is 21.5. The summed E-state index contributed by atoms with van der Waals surface area (Å²) in [6.45, 7) is 15.1. The van der Waals surface area contributed by atoms with E-state index >= 15 is 0 Å². The fraction of sp³-hybridized carbons (Fsp3) is 0.586. The van der Waals surface area contributed by atoms with Crippen molar-refractivity contribution >= 4 is 0 Å². The van der Waals surface area contributed by atoms with E-state index in [4.69, 9.17) is 11.5 Å². The van der Waals surface area contributed by atoms with Crippen molar-refractivity contribution in [2.24, 2.45) is 11.5 Å². The lowest BCUT2D eigenvalue weighted by atomic mass is 9.88. The Labute approximate surface area is 197 Å². The van der Waals surface area contributed by atoms with Crippen molar-refractivity contribution in [2.45, 2.75) is 98.6 Å². The highest BCUT2D eigenvalue weighted by atomic mass is 14.9. The first-order valence-electron chi connectivity index (χ1n) is 12.9. The van der Waals surface area contributed by atoms with Crippen molar-refractivity contribution in [1.29, 1.82) is 0 Å². The molecule has 0 aliphatic carbocycles. The molecule has 0 bridgehead atoms. The number of aryl methyl sites for hydroxylation is 6. The molecular weight excluding hydrogens is 390 g/mol. The van der Waals surface area contributed by atoms with Crippen LogP contribution in [0.25, 0.3) is 0 Å². The van der Waals surface area contributed by atoms with Gasteiger partial charge in [0.1, 0.15) is 0 Å². The maximum Gasteiger partial charge on any atom is 0.0427 e. The van der Waals surface area contributed by atoms with E-state index in [1.165, 1.54) is 44.5 Å². The van der Waals surface area contributed by atoms with Gasteiger partial charge in [0.05, 0.1) is 0 Å². The molecule has 0 heterocycles. The van der Waals surface area contributed by atoms with E-state index in [9.17, 15) is 0 Å². The van der Waals surface area contributed by atoms with Gasteiger partial charge < -0.3 is 16.8 Å². The van der Waals surface area contributed by atoms with Crippen LogP contribution in [0.5, 0.6) is 0 Å². The Hall–Kier alpha value is -1.68. The molecule has 0 aliphatic rings. The molecule has 3 nitrogen and oxygen atoms in total. The molecule has 32 heavy (non-hydrogen) atoms. The van der Waals surface area contributed by atoms with E-state index in [0.29, 0.717) is 0 Å². The van der Waals surface area contributed by atoms with E-state index < -0.39 is 0 Å². The highest BCUT2D eigenvalue weighted by Crippen LogP contribution is 2.27. The van der Waals surface area contributed by atoms with Crippen molar-refractivity contribution < 1.29 is 0 Å². The first kappa shape index (κ1) is 26.6. The van der Waals surface area contributed by atoms with Gasteiger partial charge in [-0.2, -0.15) is 0 Å². The summed E-state index contributed by atoms with van der Waals surface area (Å²) in [7, 11) is 0. The number of nitrogens with one attached hydrogen (secondary N) is 1. The second kappa shape index (κ2) is 13.1. The van der Waals surface area contributed by atoms with Crippen molar-refractivity contribution in [3.8, 4) is 0 Å². The summed E-state index contributed by atoms with van der Waals surface area (Å²) in [6, 6.07) is 9.50. The normalized spacial score (nSPS) is 13.4. The smallest absolute Gasteiger partial charge is 0.0427 e. The molecule has 0 spiro atoms. The summed E-state index contributed by atoms with van der Waals surface area (Å²) in [5, 5.41) is 3.61. The van der Waals surface area contributed by atoms with Gasteiger partial charge in [0, 0.05) is 18.6 Å². The van der Waals surface area contributed by atoms with Crippen LogP contribution in [0.15, 0.2) is 24.3 Å². The van der Waals surface area contributed by atoms with Crippen LogP contribution in [-0.4, -0.2) is 13.1 Å². The third-order valence-electron chi connectivity index (χ3n) is 6.90. The van der Waals surface area contributed by atoms with Crippen LogP contribution in [0.4, 0.5) is 0 Å². The van der Waals surface area contributed by atoms with Crippen LogP contribution < -0.4 is 16.8 Å². The topological polar surface area (TPSA) is 64.1 Å². The van der Waals surface area contributed by atoms with E-state index in [2.05, 4.69) is 71.1 Å². The third kappa shape index (κ3) is 6.43. The molecule has 5 N–H and O–H groups in total. The Morgan fingerprint density at radius 2 is 0.969 bits per heavy atom. The summed E-state index contributed by atoms with van der Waals surface area (Å²) in [4.78, 5) is 0. The molecule has 2 atom stereocenters. The largest absolute Gasteiger partial charge is 0.324 e. The number of nitrogens with two attached hydrogens (primary N) is 2. The van der Waals surface area contributed by atoms with Gasteiger partial charge in [0.25, 0.3) is 0 Å². The first-order chi connectivity index (χ1) is 15.4. The van der Waals surface area contributed by atoms with Gasteiger partial charge in [-0.15, -0.1) is 0 Å². The SMILES string of the molecule is CCc1cc(CC)c(C(N)CCNCC(N)c2c(CC)cc(CC)cc2CC)c(CC)c1. The highest BCUT2D eigenvalue weighted by molar-refractivity contribution is 5.43. The zero-order valence-corrected chi connectivity index (χ0v) is 21.5. The van der Waals surface area contributed by atoms with E-state index in [0.717, 1.165) is 58.0 Å². The van der Waals surface area contributed by atoms with Crippen LogP contribution in [0, 0.1) is 0 Å². The van der Waals surface area contributed by atoms with Gasteiger partial charge in [0.2, 0.25) is 0 Å². The molecule has 2 rings (SSSR count). The average molecular weight is 438 g/mol. The molecule has 0 amide bonds. The predicted molar refractivity (Wildman–Crippen MR) is 140 cm³/mol. The van der Waals surface area contributed by atoms with Gasteiger partial charge in [-0.05, 0) is 96.0 Å². The van der Waals surface area contributed by atoms with Crippen molar-refractivity contribution in [2.75, 3.05) is 13.1 Å². The Morgan fingerprint density at radius 1 is 0.594 bits per heavy atom. The lowest BCUT2D eigenvalue weighted by Crippen LogP contribution is -2.31. The lowest BCUT2D eigenvalue weighted by molar-refractivity contribution is 0.540. The minimum absolute atomic E-state index is 0.0169. The Balaban J connectivity index is 2.05. The number of rotatable bonds is 13. The molecule has 2 aromatic rings. The average Bonchev–Trinajstić information content (AvgIpc) is 2.84. The molecule has 0 aliphatic heterocycles. The van der Waals surface area contributed by atoms with Gasteiger partial charge in [-0.1, -0.05) is 65.8 Å². The van der Waals surface area contributed by atoms with Crippen molar-refractivity contribution in [1.82, 2.24) is 5.32 Å². The number of hydrogen-bond donors (Lipinski definition) is 3. The van der Waals surface area contributed by atoms with Crippen molar-refractivity contribution in [3.63, 3.8) is 0 Å². The fourth-order valence-electron chi connectivity index (χ4n) is 4.99. The molecule has 0 aromatic heterocycles. The fourth-order valence-corrected chi connectivity index (χ4v) is 4.99. The van der Waals surface area contributed by atoms with E-state index in [1.54, 1.807) is 0 Å². The summed E-state index contributed by atoms with van der Waals surface area (Å²) >= 11 is 0. The van der Waals surface area contributed by atoms with Crippen LogP contribution in [0.2, 0.25) is 0 Å². The molecule has 2 unspecified atom stereocenters. The highest BCUT2D eigenvalue weighted by Gasteiger charge is 2.18. The van der Waals surface area contributed by atoms with Gasteiger partial charge in [0.15, 0.2) is 0 Å². The van der Waals surface area contributed by atoms with Crippen LogP contribution in [0.1, 0.15) is 105 Å². The summed E-state index contributed by atoms with van der Waals surface area (Å²) in [5.41, 5.74) is 24.6. The first-order valence-corrected chi connectivity index (χ1v) is 12.9. The standard InChI is InChI=1S/C29H47N3/c1-7-20-15-22(9-3)28(23(10-4)16-20)26(30)13-14-32-19-27(31)29-24(11-5)17-21(8-2)18-25(29)12-6/h15-18,26-27,32H,7-14,19,30-31H2,1-6H3. The second-order valence-electron chi connectivity index (χ2n) is 8.98. The molecule has 0 radical (unpaired) electrons. The Kier molecular flexibility index (Phi) is 10.9. The molecule has 0 fully saturated rings. The lowest BCUT2D eigenvalue weighted by Gasteiger charge is -2.23. The van der Waals surface area contributed by atoms with Gasteiger partial charge in [-0.25, -0.2) is 0 Å². The van der Waals surface area contributed by atoms with Crippen LogP contribution in [-0.2, 0) is 38.5 Å². The van der Waals surface area contributed by atoms with E-state index in [-0.39, 0.29) is 12.1 Å². The van der Waals surface area contributed by atoms with E-state index in [1.807, 2.05) is 0 Å². The second-order valence-corrected chi connectivity index (χ2v) is 8.98. The predicted octanol–water partition coefficient (Wildman–Crippen LogP) is 5.74.